The molecular formula is C30H69NO11P2. The van der Waals surface area contributed by atoms with Crippen LogP contribution in [0, 0.1) is 0 Å². The highest BCUT2D eigenvalue weighted by molar-refractivity contribution is 7.46. The Morgan fingerprint density at radius 1 is 0.432 bits per heavy atom. The Balaban J connectivity index is -0.000000594. The Labute approximate surface area is 268 Å². The molecule has 0 bridgehead atoms. The topological polar surface area (TPSA) is 197 Å². The molecule has 0 rings (SSSR count). The summed E-state index contributed by atoms with van der Waals surface area (Å²) >= 11 is 0. The molecule has 0 radical (unpaired) electrons. The summed E-state index contributed by atoms with van der Waals surface area (Å²) in [6, 6.07) is 0. The van der Waals surface area contributed by atoms with Gasteiger partial charge in [0.1, 0.15) is 0 Å². The minimum Gasteiger partial charge on any atom is -0.395 e. The lowest BCUT2D eigenvalue weighted by atomic mass is 10.1. The van der Waals surface area contributed by atoms with Crippen LogP contribution in [0.2, 0.25) is 0 Å². The lowest BCUT2D eigenvalue weighted by Crippen LogP contribution is -2.32. The first-order valence-electron chi connectivity index (χ1n) is 16.9. The van der Waals surface area contributed by atoms with E-state index in [4.69, 9.17) is 34.9 Å². The molecule has 0 saturated carbocycles. The molecule has 0 aromatic carbocycles. The van der Waals surface area contributed by atoms with Crippen molar-refractivity contribution in [3.8, 4) is 0 Å². The quantitative estimate of drug-likeness (QED) is 0.0331. The lowest BCUT2D eigenvalue weighted by molar-refractivity contribution is 0.136. The molecule has 0 saturated heterocycles. The van der Waals surface area contributed by atoms with Gasteiger partial charge in [0.05, 0.1) is 33.0 Å². The van der Waals surface area contributed by atoms with E-state index in [0.29, 0.717) is 19.6 Å². The van der Waals surface area contributed by atoms with Gasteiger partial charge in [-0.2, -0.15) is 0 Å². The molecule has 0 heterocycles. The van der Waals surface area contributed by atoms with Crippen LogP contribution < -0.4 is 0 Å². The van der Waals surface area contributed by atoms with Crippen molar-refractivity contribution in [1.82, 2.24) is 4.90 Å². The minimum absolute atomic E-state index is 0.0694. The van der Waals surface area contributed by atoms with E-state index < -0.39 is 15.6 Å². The van der Waals surface area contributed by atoms with Crippen LogP contribution in [0.15, 0.2) is 0 Å². The molecule has 12 nitrogen and oxygen atoms in total. The van der Waals surface area contributed by atoms with Crippen LogP contribution in [0.3, 0.4) is 0 Å². The summed E-state index contributed by atoms with van der Waals surface area (Å²) in [5, 5.41) is 25.5. The number of nitrogens with zero attached hydrogens (tertiary/aromatic N) is 1. The molecule has 14 heteroatoms. The van der Waals surface area contributed by atoms with Crippen LogP contribution in [-0.2, 0) is 18.2 Å². The summed E-state index contributed by atoms with van der Waals surface area (Å²) in [5.41, 5.74) is 0. The predicted molar refractivity (Wildman–Crippen MR) is 177 cm³/mol. The van der Waals surface area contributed by atoms with E-state index in [1.165, 1.54) is 89.9 Å². The molecule has 0 aliphatic rings. The number of phosphoric acid groups is 2. The molecule has 0 spiro atoms. The molecule has 0 aliphatic carbocycles. The molecule has 0 aromatic rings. The average molecular weight is 682 g/mol. The fraction of sp³-hybridized carbons (Fsp3) is 1.00. The fourth-order valence-corrected chi connectivity index (χ4v) is 5.04. The second-order valence-corrected chi connectivity index (χ2v) is 13.5. The normalized spacial score (nSPS) is 11.7. The Morgan fingerprint density at radius 3 is 0.864 bits per heavy atom. The van der Waals surface area contributed by atoms with E-state index in [1.54, 1.807) is 4.90 Å². The van der Waals surface area contributed by atoms with Gasteiger partial charge in [0.25, 0.3) is 0 Å². The highest BCUT2D eigenvalue weighted by Crippen LogP contribution is 2.36. The van der Waals surface area contributed by atoms with E-state index in [-0.39, 0.29) is 33.0 Å². The van der Waals surface area contributed by atoms with Crippen molar-refractivity contribution in [2.24, 2.45) is 0 Å². The van der Waals surface area contributed by atoms with Crippen molar-refractivity contribution in [3.63, 3.8) is 0 Å². The third-order valence-corrected chi connectivity index (χ3v) is 7.80. The highest BCUT2D eigenvalue weighted by Gasteiger charge is 2.13. The van der Waals surface area contributed by atoms with Crippen LogP contribution in [0.25, 0.3) is 0 Å². The molecular weight excluding hydrogens is 612 g/mol. The van der Waals surface area contributed by atoms with Gasteiger partial charge in [-0.1, -0.05) is 129 Å². The third-order valence-electron chi connectivity index (χ3n) is 6.76. The van der Waals surface area contributed by atoms with Gasteiger partial charge in [-0.3, -0.25) is 13.9 Å². The molecule has 0 unspecified atom stereocenters. The van der Waals surface area contributed by atoms with Crippen LogP contribution in [0.5, 0.6) is 0 Å². The summed E-state index contributed by atoms with van der Waals surface area (Å²) in [6.07, 6.45) is 24.1. The number of aliphatic hydroxyl groups is 3. The molecule has 0 atom stereocenters. The molecule has 0 amide bonds. The number of hydrogen-bond acceptors (Lipinski definition) is 8. The molecule has 7 N–H and O–H groups in total. The van der Waals surface area contributed by atoms with Gasteiger partial charge >= 0.3 is 15.6 Å². The minimum atomic E-state index is -4.24. The van der Waals surface area contributed by atoms with Crippen LogP contribution in [-0.4, -0.2) is 92.5 Å². The van der Waals surface area contributed by atoms with Gasteiger partial charge in [0.15, 0.2) is 0 Å². The first-order valence-corrected chi connectivity index (χ1v) is 20.0. The number of hydrogen-bond donors (Lipinski definition) is 7. The maximum Gasteiger partial charge on any atom is 0.469 e. The zero-order valence-electron chi connectivity index (χ0n) is 27.9. The maximum absolute atomic E-state index is 10.4. The van der Waals surface area contributed by atoms with Crippen LogP contribution in [0.4, 0.5) is 0 Å². The molecule has 0 fully saturated rings. The molecule has 0 aromatic heterocycles. The van der Waals surface area contributed by atoms with Gasteiger partial charge in [0, 0.05) is 19.6 Å². The monoisotopic (exact) mass is 681 g/mol. The molecule has 0 aliphatic heterocycles. The lowest BCUT2D eigenvalue weighted by Gasteiger charge is -2.17. The molecule has 270 valence electrons. The van der Waals surface area contributed by atoms with Crippen LogP contribution >= 0.6 is 15.6 Å². The van der Waals surface area contributed by atoms with Crippen molar-refractivity contribution in [3.05, 3.63) is 0 Å². The first kappa shape index (κ1) is 48.5. The SMILES string of the molecule is CCCCCCCCCCCCOP(=O)(O)O.CCCCCCCCCCCCOP(=O)(O)O.OCCN(CCO)CCO. The largest absolute Gasteiger partial charge is 0.469 e. The summed E-state index contributed by atoms with van der Waals surface area (Å²) < 4.78 is 29.5. The number of aliphatic hydroxyl groups excluding tert-OH is 3. The van der Waals surface area contributed by atoms with E-state index in [9.17, 15) is 9.13 Å². The summed E-state index contributed by atoms with van der Waals surface area (Å²) in [6.45, 7) is 6.53. The molecule has 44 heavy (non-hydrogen) atoms. The van der Waals surface area contributed by atoms with Crippen molar-refractivity contribution in [2.45, 2.75) is 142 Å². The van der Waals surface area contributed by atoms with Crippen molar-refractivity contribution < 1.29 is 53.1 Å². The van der Waals surface area contributed by atoms with E-state index in [2.05, 4.69) is 22.9 Å². The fourth-order valence-electron chi connectivity index (χ4n) is 4.31. The highest BCUT2D eigenvalue weighted by atomic mass is 31.2. The van der Waals surface area contributed by atoms with E-state index in [1.807, 2.05) is 0 Å². The van der Waals surface area contributed by atoms with Gasteiger partial charge < -0.3 is 34.9 Å². The van der Waals surface area contributed by atoms with Crippen LogP contribution in [0.1, 0.15) is 142 Å². The van der Waals surface area contributed by atoms with Gasteiger partial charge in [-0.25, -0.2) is 9.13 Å². The first-order chi connectivity index (χ1) is 21.0. The summed E-state index contributed by atoms with van der Waals surface area (Å²) in [5.74, 6) is 0. The second kappa shape index (κ2) is 37.5. The second-order valence-electron chi connectivity index (χ2n) is 11.0. The van der Waals surface area contributed by atoms with Crippen molar-refractivity contribution >= 4 is 15.6 Å². The smallest absolute Gasteiger partial charge is 0.395 e. The Kier molecular flexibility index (Phi) is 41.3. The average Bonchev–Trinajstić information content (AvgIpc) is 2.95. The van der Waals surface area contributed by atoms with E-state index >= 15 is 0 Å². The number of rotatable bonds is 30. The predicted octanol–water partition coefficient (Wildman–Crippen LogP) is 6.30. The van der Waals surface area contributed by atoms with E-state index in [0.717, 1.165) is 38.5 Å². The van der Waals surface area contributed by atoms with Crippen molar-refractivity contribution in [1.29, 1.82) is 0 Å². The maximum atomic E-state index is 10.4. The number of phosphoric ester groups is 2. The van der Waals surface area contributed by atoms with Gasteiger partial charge in [-0.05, 0) is 12.8 Å². The Morgan fingerprint density at radius 2 is 0.659 bits per heavy atom. The van der Waals surface area contributed by atoms with Crippen molar-refractivity contribution in [2.75, 3.05) is 52.7 Å². The zero-order valence-corrected chi connectivity index (χ0v) is 29.7. The zero-order chi connectivity index (χ0) is 33.8. The van der Waals surface area contributed by atoms with Gasteiger partial charge in [0.2, 0.25) is 0 Å². The standard InChI is InChI=1S/2C12H27O4P.C6H15NO3/c2*1-2-3-4-5-6-7-8-9-10-11-12-16-17(13,14)15;8-4-1-7(2-5-9)3-6-10/h2*2-12H2,1H3,(H2,13,14,15);8-10H,1-6H2. The number of unbranched alkanes of at least 4 members (excludes halogenated alkanes) is 18. The van der Waals surface area contributed by atoms with Gasteiger partial charge in [-0.15, -0.1) is 0 Å². The summed E-state index contributed by atoms with van der Waals surface area (Å²) in [4.78, 5) is 35.6. The summed E-state index contributed by atoms with van der Waals surface area (Å²) in [7, 11) is -8.49. The third kappa shape index (κ3) is 51.6. The Bertz CT molecular complexity index is 578. The Hall–Kier alpha value is 0.0600.